The van der Waals surface area contributed by atoms with Crippen molar-refractivity contribution >= 4 is 11.9 Å². The molecule has 2 rings (SSSR count). The fourth-order valence-corrected chi connectivity index (χ4v) is 3.64. The molecule has 0 aromatic heterocycles. The van der Waals surface area contributed by atoms with E-state index >= 15 is 0 Å². The second-order valence-corrected chi connectivity index (χ2v) is 7.36. The third kappa shape index (κ3) is 4.20. The van der Waals surface area contributed by atoms with Gasteiger partial charge in [0.2, 0.25) is 5.67 Å². The van der Waals surface area contributed by atoms with Crippen molar-refractivity contribution in [2.45, 2.75) is 71.6 Å². The summed E-state index contributed by atoms with van der Waals surface area (Å²) in [5.74, 6) is -2.51. The second kappa shape index (κ2) is 7.54. The lowest BCUT2D eigenvalue weighted by Gasteiger charge is -2.35. The Bertz CT molecular complexity index is 660. The summed E-state index contributed by atoms with van der Waals surface area (Å²) in [6.07, 6.45) is 2.92. The lowest BCUT2D eigenvalue weighted by atomic mass is 9.79. The van der Waals surface area contributed by atoms with Gasteiger partial charge < -0.3 is 9.84 Å². The molecule has 1 aromatic rings. The number of hydrogen-bond donors (Lipinski definition) is 1. The lowest BCUT2D eigenvalue weighted by Crippen LogP contribution is -2.50. The number of halogens is 1. The van der Waals surface area contributed by atoms with Crippen molar-refractivity contribution < 1.29 is 23.8 Å². The van der Waals surface area contributed by atoms with E-state index in [9.17, 15) is 19.1 Å². The minimum absolute atomic E-state index is 0.269. The van der Waals surface area contributed by atoms with Crippen LogP contribution in [0.2, 0.25) is 0 Å². The number of carbonyl (C=O) groups excluding carboxylic acids is 1. The molecular formula is C20H27FO4. The van der Waals surface area contributed by atoms with Crippen molar-refractivity contribution in [2.75, 3.05) is 0 Å². The van der Waals surface area contributed by atoms with Crippen LogP contribution in [0.5, 0.6) is 0 Å². The number of benzene rings is 1. The van der Waals surface area contributed by atoms with Crippen LogP contribution in [0.25, 0.3) is 0 Å². The summed E-state index contributed by atoms with van der Waals surface area (Å²) in [5, 5.41) is 9.30. The van der Waals surface area contributed by atoms with E-state index in [4.69, 9.17) is 4.74 Å². The second-order valence-electron chi connectivity index (χ2n) is 7.36. The first kappa shape index (κ1) is 19.4. The molecule has 0 heterocycles. The van der Waals surface area contributed by atoms with E-state index in [1.807, 2.05) is 26.8 Å². The van der Waals surface area contributed by atoms with Gasteiger partial charge in [0.25, 0.3) is 0 Å². The molecule has 0 spiro atoms. The summed E-state index contributed by atoms with van der Waals surface area (Å²) in [7, 11) is 0. The molecule has 5 heteroatoms. The van der Waals surface area contributed by atoms with Crippen LogP contribution in [0.3, 0.4) is 0 Å². The van der Waals surface area contributed by atoms with Crippen molar-refractivity contribution in [3.63, 3.8) is 0 Å². The number of aryl methyl sites for hydroxylation is 2. The highest BCUT2D eigenvalue weighted by molar-refractivity contribution is 5.92. The number of rotatable bonds is 5. The van der Waals surface area contributed by atoms with Crippen LogP contribution in [0.1, 0.15) is 66.1 Å². The molecule has 2 atom stereocenters. The molecule has 2 unspecified atom stereocenters. The number of carboxylic acid groups (broad SMARTS) is 1. The molecule has 4 nitrogen and oxygen atoms in total. The molecule has 0 bridgehead atoms. The molecule has 1 aliphatic carbocycles. The van der Waals surface area contributed by atoms with E-state index in [-0.39, 0.29) is 5.92 Å². The highest BCUT2D eigenvalue weighted by Crippen LogP contribution is 2.36. The summed E-state index contributed by atoms with van der Waals surface area (Å²) in [5.41, 5.74) is 0.394. The minimum Gasteiger partial charge on any atom is -0.479 e. The third-order valence-electron chi connectivity index (χ3n) is 5.30. The monoisotopic (exact) mass is 350 g/mol. The summed E-state index contributed by atoms with van der Waals surface area (Å²) in [6, 6.07) is 3.67. The Kier molecular flexibility index (Phi) is 5.86. The van der Waals surface area contributed by atoms with E-state index in [2.05, 4.69) is 0 Å². The maximum Gasteiger partial charge on any atom is 0.345 e. The van der Waals surface area contributed by atoms with Crippen LogP contribution in [0.4, 0.5) is 4.39 Å². The standard InChI is InChI=1S/C20H27FO4/c1-12-10-13(2)14(3)16(11-12)18(22)25-17(20(4,21)19(23)24)15-8-6-5-7-9-15/h10-11,15,17H,5-9H2,1-4H3,(H,23,24). The van der Waals surface area contributed by atoms with Gasteiger partial charge in [-0.05, 0) is 69.2 Å². The largest absolute Gasteiger partial charge is 0.479 e. The minimum atomic E-state index is -2.61. The Morgan fingerprint density at radius 2 is 1.80 bits per heavy atom. The van der Waals surface area contributed by atoms with Gasteiger partial charge in [-0.25, -0.2) is 14.0 Å². The zero-order chi connectivity index (χ0) is 18.8. The average Bonchev–Trinajstić information content (AvgIpc) is 2.56. The van der Waals surface area contributed by atoms with Crippen LogP contribution < -0.4 is 0 Å². The van der Waals surface area contributed by atoms with Crippen molar-refractivity contribution in [3.8, 4) is 0 Å². The first-order valence-corrected chi connectivity index (χ1v) is 8.85. The zero-order valence-electron chi connectivity index (χ0n) is 15.4. The number of aliphatic carboxylic acids is 1. The van der Waals surface area contributed by atoms with Gasteiger partial charge in [0.1, 0.15) is 6.10 Å². The van der Waals surface area contributed by atoms with Crippen LogP contribution in [0, 0.1) is 26.7 Å². The number of alkyl halides is 1. The molecule has 1 aromatic carbocycles. The van der Waals surface area contributed by atoms with Gasteiger partial charge in [0, 0.05) is 0 Å². The normalized spacial score (nSPS) is 19.1. The highest BCUT2D eigenvalue weighted by Gasteiger charge is 2.49. The predicted octanol–water partition coefficient (Wildman–Crippen LogP) is 4.53. The van der Waals surface area contributed by atoms with Gasteiger partial charge in [-0.2, -0.15) is 0 Å². The molecular weight excluding hydrogens is 323 g/mol. The maximum atomic E-state index is 14.9. The average molecular weight is 350 g/mol. The number of carboxylic acids is 1. The van der Waals surface area contributed by atoms with E-state index in [1.165, 1.54) is 0 Å². The molecule has 25 heavy (non-hydrogen) atoms. The van der Waals surface area contributed by atoms with Crippen LogP contribution in [-0.4, -0.2) is 28.8 Å². The van der Waals surface area contributed by atoms with E-state index in [0.29, 0.717) is 18.4 Å². The Labute approximate surface area is 148 Å². The summed E-state index contributed by atoms with van der Waals surface area (Å²) in [6.45, 7) is 6.58. The van der Waals surface area contributed by atoms with Gasteiger partial charge in [0.05, 0.1) is 5.56 Å². The summed E-state index contributed by atoms with van der Waals surface area (Å²) < 4.78 is 20.4. The van der Waals surface area contributed by atoms with E-state index in [1.54, 1.807) is 6.07 Å². The summed E-state index contributed by atoms with van der Waals surface area (Å²) in [4.78, 5) is 24.1. The van der Waals surface area contributed by atoms with Gasteiger partial charge in [-0.15, -0.1) is 0 Å². The smallest absolute Gasteiger partial charge is 0.345 e. The Hall–Kier alpha value is -1.91. The SMILES string of the molecule is Cc1cc(C)c(C)c(C(=O)OC(C2CCCCC2)C(C)(F)C(=O)O)c1. The fraction of sp³-hybridized carbons (Fsp3) is 0.600. The third-order valence-corrected chi connectivity index (χ3v) is 5.30. The van der Waals surface area contributed by atoms with Crippen LogP contribution >= 0.6 is 0 Å². The van der Waals surface area contributed by atoms with Gasteiger partial charge in [-0.1, -0.05) is 25.3 Å². The van der Waals surface area contributed by atoms with Crippen LogP contribution in [-0.2, 0) is 9.53 Å². The number of ether oxygens (including phenoxy) is 1. The van der Waals surface area contributed by atoms with Crippen molar-refractivity contribution in [1.29, 1.82) is 0 Å². The molecule has 1 fully saturated rings. The zero-order valence-corrected chi connectivity index (χ0v) is 15.4. The van der Waals surface area contributed by atoms with Crippen molar-refractivity contribution in [2.24, 2.45) is 5.92 Å². The Morgan fingerprint density at radius 3 is 2.36 bits per heavy atom. The lowest BCUT2D eigenvalue weighted by molar-refractivity contribution is -0.161. The van der Waals surface area contributed by atoms with E-state index in [0.717, 1.165) is 42.9 Å². The number of esters is 1. The molecule has 0 amide bonds. The maximum absolute atomic E-state index is 14.9. The van der Waals surface area contributed by atoms with Crippen LogP contribution in [0.15, 0.2) is 12.1 Å². The number of carbonyl (C=O) groups is 2. The fourth-order valence-electron chi connectivity index (χ4n) is 3.64. The summed E-state index contributed by atoms with van der Waals surface area (Å²) >= 11 is 0. The first-order valence-electron chi connectivity index (χ1n) is 8.85. The van der Waals surface area contributed by atoms with Gasteiger partial charge in [-0.3, -0.25) is 0 Å². The van der Waals surface area contributed by atoms with Gasteiger partial charge >= 0.3 is 11.9 Å². The topological polar surface area (TPSA) is 63.6 Å². The van der Waals surface area contributed by atoms with Crippen molar-refractivity contribution in [3.05, 3.63) is 34.4 Å². The molecule has 1 N–H and O–H groups in total. The molecule has 0 aliphatic heterocycles. The van der Waals surface area contributed by atoms with Gasteiger partial charge in [0.15, 0.2) is 0 Å². The first-order chi connectivity index (χ1) is 11.6. The molecule has 1 aliphatic rings. The Morgan fingerprint density at radius 1 is 1.20 bits per heavy atom. The Balaban J connectivity index is 2.33. The molecule has 0 radical (unpaired) electrons. The number of hydrogen-bond acceptors (Lipinski definition) is 3. The molecule has 1 saturated carbocycles. The molecule has 138 valence electrons. The predicted molar refractivity (Wildman–Crippen MR) is 93.6 cm³/mol. The molecule has 0 saturated heterocycles. The van der Waals surface area contributed by atoms with Crippen molar-refractivity contribution in [1.82, 2.24) is 0 Å². The highest BCUT2D eigenvalue weighted by atomic mass is 19.1. The quantitative estimate of drug-likeness (QED) is 0.793. The van der Waals surface area contributed by atoms with E-state index < -0.39 is 23.7 Å².